The van der Waals surface area contributed by atoms with E-state index in [2.05, 4.69) is 25.5 Å². The molecular weight excluding hydrogens is 238 g/mol. The molecule has 2 N–H and O–H groups in total. The minimum Gasteiger partial charge on any atom is -0.370 e. The van der Waals surface area contributed by atoms with Gasteiger partial charge in [0.2, 0.25) is 0 Å². The second kappa shape index (κ2) is 5.63. The topological polar surface area (TPSA) is 66.5 Å². The van der Waals surface area contributed by atoms with Gasteiger partial charge in [0.05, 0.1) is 6.20 Å². The second-order valence-corrected chi connectivity index (χ2v) is 4.16. The zero-order chi connectivity index (χ0) is 12.1. The number of H-pyrrole nitrogens is 1. The molecule has 0 atom stereocenters. The Labute approximate surface area is 105 Å². The number of aryl methyl sites for hydroxylation is 2. The molecule has 0 radical (unpaired) electrons. The summed E-state index contributed by atoms with van der Waals surface area (Å²) in [6.45, 7) is 2.87. The molecule has 0 aliphatic heterocycles. The summed E-state index contributed by atoms with van der Waals surface area (Å²) in [5.74, 6) is 0.758. The molecule has 90 valence electrons. The highest BCUT2D eigenvalue weighted by atomic mass is 35.5. The van der Waals surface area contributed by atoms with Gasteiger partial charge < -0.3 is 5.32 Å². The van der Waals surface area contributed by atoms with Crippen LogP contribution in [0.15, 0.2) is 18.6 Å². The normalized spacial score (nSPS) is 10.5. The number of hydrogen-bond donors (Lipinski definition) is 2. The maximum Gasteiger partial charge on any atom is 0.134 e. The Morgan fingerprint density at radius 3 is 3.00 bits per heavy atom. The van der Waals surface area contributed by atoms with Crippen molar-refractivity contribution in [3.63, 3.8) is 0 Å². The van der Waals surface area contributed by atoms with Crippen LogP contribution in [0, 0.1) is 6.92 Å². The first-order valence-electron chi connectivity index (χ1n) is 5.46. The van der Waals surface area contributed by atoms with Gasteiger partial charge in [-0.15, -0.1) is 0 Å². The first-order chi connectivity index (χ1) is 8.25. The summed E-state index contributed by atoms with van der Waals surface area (Å²) in [7, 11) is 0. The van der Waals surface area contributed by atoms with Crippen molar-refractivity contribution in [1.82, 2.24) is 20.2 Å². The Morgan fingerprint density at radius 2 is 2.29 bits per heavy atom. The molecule has 0 saturated heterocycles. The van der Waals surface area contributed by atoms with Crippen molar-refractivity contribution in [2.24, 2.45) is 0 Å². The summed E-state index contributed by atoms with van der Waals surface area (Å²) in [4.78, 5) is 7.89. The zero-order valence-electron chi connectivity index (χ0n) is 9.57. The van der Waals surface area contributed by atoms with Crippen molar-refractivity contribution in [2.45, 2.75) is 19.8 Å². The predicted molar refractivity (Wildman–Crippen MR) is 67.2 cm³/mol. The first kappa shape index (κ1) is 11.9. The minimum atomic E-state index is 0.452. The lowest BCUT2D eigenvalue weighted by Crippen LogP contribution is -2.04. The average molecular weight is 252 g/mol. The summed E-state index contributed by atoms with van der Waals surface area (Å²) < 4.78 is 0. The van der Waals surface area contributed by atoms with E-state index in [1.165, 1.54) is 11.9 Å². The van der Waals surface area contributed by atoms with Crippen molar-refractivity contribution >= 4 is 17.4 Å². The molecule has 2 aromatic heterocycles. The van der Waals surface area contributed by atoms with E-state index in [1.54, 1.807) is 6.07 Å². The molecule has 0 saturated carbocycles. The van der Waals surface area contributed by atoms with Crippen LogP contribution in [0.3, 0.4) is 0 Å². The molecule has 2 heterocycles. The molecule has 0 aromatic carbocycles. The molecule has 0 aliphatic carbocycles. The van der Waals surface area contributed by atoms with Crippen LogP contribution in [0.2, 0.25) is 5.15 Å². The summed E-state index contributed by atoms with van der Waals surface area (Å²) in [6, 6.07) is 1.71. The monoisotopic (exact) mass is 251 g/mol. The molecule has 17 heavy (non-hydrogen) atoms. The van der Waals surface area contributed by atoms with E-state index in [0.717, 1.165) is 30.9 Å². The van der Waals surface area contributed by atoms with Gasteiger partial charge in [0.1, 0.15) is 17.3 Å². The van der Waals surface area contributed by atoms with Gasteiger partial charge in [-0.25, -0.2) is 9.97 Å². The van der Waals surface area contributed by atoms with E-state index in [9.17, 15) is 0 Å². The predicted octanol–water partition coefficient (Wildman–Crippen LogP) is 2.21. The highest BCUT2D eigenvalue weighted by molar-refractivity contribution is 6.29. The molecule has 2 aromatic rings. The molecule has 0 amide bonds. The van der Waals surface area contributed by atoms with Crippen molar-refractivity contribution in [2.75, 3.05) is 11.9 Å². The van der Waals surface area contributed by atoms with E-state index >= 15 is 0 Å². The van der Waals surface area contributed by atoms with Crippen molar-refractivity contribution in [1.29, 1.82) is 0 Å². The maximum atomic E-state index is 5.76. The third-order valence-electron chi connectivity index (χ3n) is 2.50. The third-order valence-corrected chi connectivity index (χ3v) is 2.70. The van der Waals surface area contributed by atoms with Crippen LogP contribution in [-0.2, 0) is 6.42 Å². The fourth-order valence-electron chi connectivity index (χ4n) is 1.55. The van der Waals surface area contributed by atoms with Crippen LogP contribution in [0.1, 0.15) is 17.7 Å². The van der Waals surface area contributed by atoms with Crippen molar-refractivity contribution < 1.29 is 0 Å². The van der Waals surface area contributed by atoms with E-state index in [0.29, 0.717) is 5.15 Å². The smallest absolute Gasteiger partial charge is 0.134 e. The Kier molecular flexibility index (Phi) is 3.93. The molecular formula is C11H14ClN5. The van der Waals surface area contributed by atoms with E-state index < -0.39 is 0 Å². The van der Waals surface area contributed by atoms with Crippen LogP contribution in [-0.4, -0.2) is 26.7 Å². The van der Waals surface area contributed by atoms with Crippen molar-refractivity contribution in [3.8, 4) is 0 Å². The molecule has 6 heteroatoms. The molecule has 0 fully saturated rings. The number of hydrogen-bond acceptors (Lipinski definition) is 4. The number of nitrogens with zero attached hydrogens (tertiary/aromatic N) is 3. The van der Waals surface area contributed by atoms with Crippen LogP contribution >= 0.6 is 11.6 Å². The summed E-state index contributed by atoms with van der Waals surface area (Å²) in [5.41, 5.74) is 2.39. The summed E-state index contributed by atoms with van der Waals surface area (Å²) >= 11 is 5.76. The standard InChI is InChI=1S/C11H14ClN5/c1-8-9(6-16-17-8)3-2-4-13-11-5-10(12)14-7-15-11/h5-7H,2-4H2,1H3,(H,16,17)(H,13,14,15). The van der Waals surface area contributed by atoms with Crippen LogP contribution in [0.25, 0.3) is 0 Å². The van der Waals surface area contributed by atoms with Gasteiger partial charge in [0.25, 0.3) is 0 Å². The zero-order valence-corrected chi connectivity index (χ0v) is 10.3. The van der Waals surface area contributed by atoms with E-state index in [-0.39, 0.29) is 0 Å². The van der Waals surface area contributed by atoms with Gasteiger partial charge in [-0.3, -0.25) is 5.10 Å². The minimum absolute atomic E-state index is 0.452. The molecule has 5 nitrogen and oxygen atoms in total. The highest BCUT2D eigenvalue weighted by Gasteiger charge is 2.00. The van der Waals surface area contributed by atoms with E-state index in [4.69, 9.17) is 11.6 Å². The molecule has 0 spiro atoms. The second-order valence-electron chi connectivity index (χ2n) is 3.78. The lowest BCUT2D eigenvalue weighted by molar-refractivity contribution is 0.852. The molecule has 2 rings (SSSR count). The highest BCUT2D eigenvalue weighted by Crippen LogP contribution is 2.09. The van der Waals surface area contributed by atoms with Gasteiger partial charge in [0, 0.05) is 18.3 Å². The fourth-order valence-corrected chi connectivity index (χ4v) is 1.70. The van der Waals surface area contributed by atoms with Crippen LogP contribution in [0.4, 0.5) is 5.82 Å². The summed E-state index contributed by atoms with van der Waals surface area (Å²) in [6.07, 6.45) is 5.33. The molecule has 0 bridgehead atoms. The van der Waals surface area contributed by atoms with Gasteiger partial charge in [0.15, 0.2) is 0 Å². The third kappa shape index (κ3) is 3.42. The number of rotatable bonds is 5. The fraction of sp³-hybridized carbons (Fsp3) is 0.364. The molecule has 0 aliphatic rings. The Balaban J connectivity index is 1.75. The van der Waals surface area contributed by atoms with Gasteiger partial charge in [-0.05, 0) is 25.3 Å². The maximum absolute atomic E-state index is 5.76. The lowest BCUT2D eigenvalue weighted by atomic mass is 10.1. The number of aromatic nitrogens is 4. The van der Waals surface area contributed by atoms with Gasteiger partial charge in [-0.1, -0.05) is 11.6 Å². The Morgan fingerprint density at radius 1 is 1.41 bits per heavy atom. The van der Waals surface area contributed by atoms with Gasteiger partial charge in [-0.2, -0.15) is 5.10 Å². The largest absolute Gasteiger partial charge is 0.370 e. The van der Waals surface area contributed by atoms with Crippen LogP contribution in [0.5, 0.6) is 0 Å². The summed E-state index contributed by atoms with van der Waals surface area (Å²) in [5, 5.41) is 10.6. The van der Waals surface area contributed by atoms with Crippen molar-refractivity contribution in [3.05, 3.63) is 35.0 Å². The van der Waals surface area contributed by atoms with Crippen LogP contribution < -0.4 is 5.32 Å². The number of halogens is 1. The van der Waals surface area contributed by atoms with E-state index in [1.807, 2.05) is 13.1 Å². The molecule has 0 unspecified atom stereocenters. The number of nitrogens with one attached hydrogen (secondary N) is 2. The average Bonchev–Trinajstić information content (AvgIpc) is 2.71. The Hall–Kier alpha value is -1.62. The SMILES string of the molecule is Cc1[nH]ncc1CCCNc1cc(Cl)ncn1. The first-order valence-corrected chi connectivity index (χ1v) is 5.84. The quantitative estimate of drug-likeness (QED) is 0.632. The Bertz CT molecular complexity index is 482. The lowest BCUT2D eigenvalue weighted by Gasteiger charge is -2.04. The number of anilines is 1. The van der Waals surface area contributed by atoms with Gasteiger partial charge >= 0.3 is 0 Å². The number of aromatic amines is 1.